The Kier molecular flexibility index (Phi) is 7.79. The summed E-state index contributed by atoms with van der Waals surface area (Å²) in [5.74, 6) is -0.459. The van der Waals surface area contributed by atoms with Crippen molar-refractivity contribution in [3.05, 3.63) is 105 Å². The van der Waals surface area contributed by atoms with Crippen molar-refractivity contribution in [3.63, 3.8) is 0 Å². The number of thiophene rings is 2. The minimum atomic E-state index is -4.69. The number of benzene rings is 2. The van der Waals surface area contributed by atoms with Crippen LogP contribution in [0.1, 0.15) is 56.5 Å². The summed E-state index contributed by atoms with van der Waals surface area (Å²) in [6.07, 6.45) is -1.48. The molecule has 41 heavy (non-hydrogen) atoms. The van der Waals surface area contributed by atoms with Gasteiger partial charge in [0, 0.05) is 16.6 Å². The number of fused-ring (bicyclic) bond motifs is 1. The average Bonchev–Trinajstić information content (AvgIpc) is 3.60. The zero-order valence-corrected chi connectivity index (χ0v) is 23.6. The molecule has 208 valence electrons. The normalized spacial score (nSPS) is 12.0. The second kappa shape index (κ2) is 11.3. The number of nitrogen functional groups attached to an aromatic ring is 1. The van der Waals surface area contributed by atoms with E-state index in [-0.39, 0.29) is 32.3 Å². The third-order valence-electron chi connectivity index (χ3n) is 6.44. The Bertz CT molecular complexity index is 1750. The van der Waals surface area contributed by atoms with Gasteiger partial charge >= 0.3 is 6.18 Å². The smallest absolute Gasteiger partial charge is 0.397 e. The Morgan fingerprint density at radius 1 is 1.02 bits per heavy atom. The van der Waals surface area contributed by atoms with Gasteiger partial charge in [0.15, 0.2) is 5.78 Å². The molecule has 0 bridgehead atoms. The number of alkyl halides is 3. The fourth-order valence-electron chi connectivity index (χ4n) is 4.23. The second-order valence-electron chi connectivity index (χ2n) is 9.61. The quantitative estimate of drug-likeness (QED) is 0.146. The lowest BCUT2D eigenvalue weighted by Crippen LogP contribution is -2.12. The summed E-state index contributed by atoms with van der Waals surface area (Å²) in [4.78, 5) is 30.6. The Hall–Kier alpha value is -4.28. The molecule has 2 aromatic carbocycles. The minimum Gasteiger partial charge on any atom is -0.397 e. The highest BCUT2D eigenvalue weighted by atomic mass is 32.1. The first-order valence-electron chi connectivity index (χ1n) is 12.6. The highest BCUT2D eigenvalue weighted by Crippen LogP contribution is 2.44. The highest BCUT2D eigenvalue weighted by molar-refractivity contribution is 7.21. The predicted octanol–water partition coefficient (Wildman–Crippen LogP) is 8.90. The van der Waals surface area contributed by atoms with Crippen LogP contribution in [0.2, 0.25) is 0 Å². The molecule has 0 saturated carbocycles. The van der Waals surface area contributed by atoms with Crippen molar-refractivity contribution >= 4 is 62.0 Å². The molecule has 3 aromatic heterocycles. The second-order valence-corrected chi connectivity index (χ2v) is 11.6. The van der Waals surface area contributed by atoms with E-state index >= 15 is 0 Å². The van der Waals surface area contributed by atoms with E-state index in [2.05, 4.69) is 24.1 Å². The maximum atomic E-state index is 14.0. The molecule has 0 aliphatic carbocycles. The van der Waals surface area contributed by atoms with Gasteiger partial charge in [-0.25, -0.2) is 4.98 Å². The van der Waals surface area contributed by atoms with Crippen molar-refractivity contribution in [2.24, 2.45) is 0 Å². The summed E-state index contributed by atoms with van der Waals surface area (Å²) in [7, 11) is 0. The lowest BCUT2D eigenvalue weighted by Gasteiger charge is -2.10. The molecule has 3 N–H and O–H groups in total. The van der Waals surface area contributed by atoms with Gasteiger partial charge < -0.3 is 11.1 Å². The fraction of sp³-hybridized carbons (Fsp3) is 0.129. The first-order valence-corrected chi connectivity index (χ1v) is 14.3. The number of aromatic nitrogens is 1. The van der Waals surface area contributed by atoms with Crippen molar-refractivity contribution in [1.29, 1.82) is 0 Å². The topological polar surface area (TPSA) is 85.1 Å². The Labute approximate surface area is 242 Å². The molecular weight excluding hydrogens is 567 g/mol. The molecule has 0 fully saturated rings. The SMILES string of the molecule is CC(C)c1ccc(C=CC(=O)c2ccc(NC(=O)c3sc4nc(-c5cccs5)cc(C(F)(F)F)c4c3N)cc2)cc1. The van der Waals surface area contributed by atoms with Crippen LogP contribution in [0.4, 0.5) is 24.5 Å². The summed E-state index contributed by atoms with van der Waals surface area (Å²) in [5, 5.41) is 4.11. The predicted molar refractivity (Wildman–Crippen MR) is 161 cm³/mol. The summed E-state index contributed by atoms with van der Waals surface area (Å²) in [6.45, 7) is 4.22. The number of halogens is 3. The molecule has 5 nitrogen and oxygen atoms in total. The van der Waals surface area contributed by atoms with E-state index in [1.54, 1.807) is 47.9 Å². The zero-order valence-electron chi connectivity index (χ0n) is 22.0. The van der Waals surface area contributed by atoms with Crippen molar-refractivity contribution in [3.8, 4) is 10.6 Å². The van der Waals surface area contributed by atoms with Gasteiger partial charge in [0.1, 0.15) is 9.71 Å². The number of nitrogens with one attached hydrogen (secondary N) is 1. The lowest BCUT2D eigenvalue weighted by molar-refractivity contribution is -0.136. The van der Waals surface area contributed by atoms with Gasteiger partial charge in [0.25, 0.3) is 5.91 Å². The van der Waals surface area contributed by atoms with E-state index < -0.39 is 17.6 Å². The van der Waals surface area contributed by atoms with E-state index in [1.807, 2.05) is 24.3 Å². The minimum absolute atomic E-state index is 0.0254. The van der Waals surface area contributed by atoms with Gasteiger partial charge in [0.05, 0.1) is 21.8 Å². The van der Waals surface area contributed by atoms with E-state index in [9.17, 15) is 22.8 Å². The summed E-state index contributed by atoms with van der Waals surface area (Å²) in [6, 6.07) is 18.5. The van der Waals surface area contributed by atoms with Gasteiger partial charge in [0.2, 0.25) is 0 Å². The highest BCUT2D eigenvalue weighted by Gasteiger charge is 2.36. The van der Waals surface area contributed by atoms with Gasteiger partial charge in [-0.1, -0.05) is 50.3 Å². The van der Waals surface area contributed by atoms with Crippen LogP contribution in [0, 0.1) is 0 Å². The van der Waals surface area contributed by atoms with E-state index in [0.29, 0.717) is 22.0 Å². The zero-order chi connectivity index (χ0) is 29.3. The first-order chi connectivity index (χ1) is 19.5. The molecule has 0 atom stereocenters. The van der Waals surface area contributed by atoms with Crippen molar-refractivity contribution in [2.75, 3.05) is 11.1 Å². The van der Waals surface area contributed by atoms with Crippen LogP contribution in [-0.4, -0.2) is 16.7 Å². The number of anilines is 2. The Morgan fingerprint density at radius 2 is 1.73 bits per heavy atom. The van der Waals surface area contributed by atoms with Crippen LogP contribution in [0.25, 0.3) is 26.9 Å². The molecule has 0 spiro atoms. The van der Waals surface area contributed by atoms with Crippen LogP contribution in [0.3, 0.4) is 0 Å². The number of carbonyl (C=O) groups excluding carboxylic acids is 2. The van der Waals surface area contributed by atoms with Gasteiger partial charge in [-0.2, -0.15) is 13.2 Å². The number of carbonyl (C=O) groups is 2. The molecule has 5 rings (SSSR count). The number of pyridine rings is 1. The number of allylic oxidation sites excluding steroid dienone is 1. The van der Waals surface area contributed by atoms with E-state index in [4.69, 9.17) is 5.73 Å². The molecule has 5 aromatic rings. The molecule has 0 radical (unpaired) electrons. The molecule has 0 unspecified atom stereocenters. The number of hydrogen-bond acceptors (Lipinski definition) is 6. The van der Waals surface area contributed by atoms with Gasteiger partial charge in [-0.3, -0.25) is 9.59 Å². The van der Waals surface area contributed by atoms with E-state index in [0.717, 1.165) is 23.0 Å². The summed E-state index contributed by atoms with van der Waals surface area (Å²) >= 11 is 2.07. The van der Waals surface area contributed by atoms with Crippen molar-refractivity contribution < 1.29 is 22.8 Å². The van der Waals surface area contributed by atoms with Crippen molar-refractivity contribution in [2.45, 2.75) is 25.9 Å². The molecular formula is C31H24F3N3O2S2. The number of rotatable bonds is 7. The van der Waals surface area contributed by atoms with Crippen LogP contribution in [0.5, 0.6) is 0 Å². The molecule has 0 aliphatic rings. The summed E-state index contributed by atoms with van der Waals surface area (Å²) in [5.41, 5.74) is 7.92. The maximum Gasteiger partial charge on any atom is 0.417 e. The molecule has 0 saturated heterocycles. The third kappa shape index (κ3) is 6.08. The van der Waals surface area contributed by atoms with Crippen LogP contribution in [0.15, 0.2) is 78.2 Å². The number of amides is 1. The molecule has 10 heteroatoms. The number of nitrogens with zero attached hydrogens (tertiary/aromatic N) is 1. The van der Waals surface area contributed by atoms with Crippen LogP contribution < -0.4 is 11.1 Å². The third-order valence-corrected chi connectivity index (χ3v) is 8.43. The fourth-order valence-corrected chi connectivity index (χ4v) is 5.93. The van der Waals surface area contributed by atoms with Crippen LogP contribution >= 0.6 is 22.7 Å². The molecule has 3 heterocycles. The van der Waals surface area contributed by atoms with Crippen molar-refractivity contribution in [1.82, 2.24) is 4.98 Å². The Balaban J connectivity index is 1.34. The Morgan fingerprint density at radius 3 is 2.34 bits per heavy atom. The molecule has 0 aliphatic heterocycles. The largest absolute Gasteiger partial charge is 0.417 e. The first kappa shape index (κ1) is 28.3. The van der Waals surface area contributed by atoms with Gasteiger partial charge in [-0.15, -0.1) is 22.7 Å². The van der Waals surface area contributed by atoms with E-state index in [1.165, 1.54) is 23.0 Å². The average molecular weight is 592 g/mol. The van der Waals surface area contributed by atoms with Gasteiger partial charge in [-0.05, 0) is 64.9 Å². The number of hydrogen-bond donors (Lipinski definition) is 2. The molecule has 1 amide bonds. The lowest BCUT2D eigenvalue weighted by atomic mass is 10.0. The number of ketones is 1. The maximum absolute atomic E-state index is 14.0. The van der Waals surface area contributed by atoms with Crippen LogP contribution in [-0.2, 0) is 6.18 Å². The monoisotopic (exact) mass is 591 g/mol. The summed E-state index contributed by atoms with van der Waals surface area (Å²) < 4.78 is 41.9. The number of nitrogens with two attached hydrogens (primary N) is 1. The standard InChI is InChI=1S/C31H24F3N3O2S2/c1-17(2)19-8-5-18(6-9-19)7-14-24(38)20-10-12-21(13-11-20)36-29(39)28-27(35)26-22(31(32,33)34)16-23(37-30(26)41-28)25-4-3-15-40-25/h3-17H,35H2,1-2H3,(H,36,39).